The number of nitrogens with one attached hydrogen (secondary N) is 1. The molecule has 116 valence electrons. The molecular weight excluding hydrogens is 296 g/mol. The predicted octanol–water partition coefficient (Wildman–Crippen LogP) is 0.305. The maximum atomic E-state index is 12.0. The minimum absolute atomic E-state index is 0.0340. The Balaban J connectivity index is 2.49. The fraction of sp³-hybridized carbons (Fsp3) is 0.231. The zero-order valence-electron chi connectivity index (χ0n) is 11.1. The Kier molecular flexibility index (Phi) is 4.20. The number of aliphatic carboxylic acids is 1. The molecule has 0 amide bonds. The van der Waals surface area contributed by atoms with Gasteiger partial charge >= 0.3 is 11.7 Å². The maximum absolute atomic E-state index is 12.0. The van der Waals surface area contributed by atoms with E-state index in [-0.39, 0.29) is 10.9 Å². The molecule has 1 aromatic heterocycles. The largest absolute Gasteiger partial charge is 0.481 e. The Morgan fingerprint density at radius 1 is 1.36 bits per heavy atom. The number of hydrogen-bond donors (Lipinski definition) is 4. The van der Waals surface area contributed by atoms with Gasteiger partial charge in [0.05, 0.1) is 29.0 Å². The summed E-state index contributed by atoms with van der Waals surface area (Å²) in [4.78, 5) is 35.0. The molecule has 9 heteroatoms. The van der Waals surface area contributed by atoms with Gasteiger partial charge in [-0.05, 0) is 17.7 Å². The summed E-state index contributed by atoms with van der Waals surface area (Å²) in [6.07, 6.45) is -2.79. The van der Waals surface area contributed by atoms with Gasteiger partial charge in [0.25, 0.3) is 5.43 Å². The first kappa shape index (κ1) is 15.6. The van der Waals surface area contributed by atoms with Crippen molar-refractivity contribution < 1.29 is 25.0 Å². The Bertz CT molecular complexity index is 799. The van der Waals surface area contributed by atoms with E-state index in [0.717, 1.165) is 6.20 Å². The zero-order valence-corrected chi connectivity index (χ0v) is 11.1. The Labute approximate surface area is 122 Å². The van der Waals surface area contributed by atoms with E-state index >= 15 is 0 Å². The van der Waals surface area contributed by atoms with Gasteiger partial charge in [0, 0.05) is 5.52 Å². The number of aliphatic hydroxyl groups excluding tert-OH is 2. The van der Waals surface area contributed by atoms with Crippen molar-refractivity contribution in [2.75, 3.05) is 0 Å². The van der Waals surface area contributed by atoms with E-state index < -0.39 is 40.6 Å². The van der Waals surface area contributed by atoms with Gasteiger partial charge < -0.3 is 20.3 Å². The summed E-state index contributed by atoms with van der Waals surface area (Å²) in [5.74, 6) is -1.29. The molecule has 0 fully saturated rings. The molecular formula is C13H12N2O7. The van der Waals surface area contributed by atoms with E-state index in [0.29, 0.717) is 5.52 Å². The highest BCUT2D eigenvalue weighted by molar-refractivity contribution is 5.81. The van der Waals surface area contributed by atoms with Crippen molar-refractivity contribution in [3.8, 4) is 0 Å². The lowest BCUT2D eigenvalue weighted by Gasteiger charge is -2.16. The maximum Gasteiger partial charge on any atom is 0.332 e. The van der Waals surface area contributed by atoms with Gasteiger partial charge in [-0.25, -0.2) is 0 Å². The number of carboxylic acids is 1. The molecule has 0 aliphatic heterocycles. The average molecular weight is 308 g/mol. The quantitative estimate of drug-likeness (QED) is 0.457. The molecule has 2 rings (SSSR count). The highest BCUT2D eigenvalue weighted by Gasteiger charge is 2.22. The van der Waals surface area contributed by atoms with Crippen LogP contribution in [-0.4, -0.2) is 37.3 Å². The molecule has 0 spiro atoms. The van der Waals surface area contributed by atoms with Crippen LogP contribution in [0.5, 0.6) is 0 Å². The van der Waals surface area contributed by atoms with Crippen molar-refractivity contribution in [2.24, 2.45) is 0 Å². The number of pyridine rings is 1. The Morgan fingerprint density at radius 3 is 2.64 bits per heavy atom. The second-order valence-corrected chi connectivity index (χ2v) is 4.68. The van der Waals surface area contributed by atoms with Crippen LogP contribution in [0.4, 0.5) is 5.69 Å². The Morgan fingerprint density at radius 2 is 2.05 bits per heavy atom. The third-order valence-corrected chi connectivity index (χ3v) is 3.17. The molecule has 2 atom stereocenters. The van der Waals surface area contributed by atoms with E-state index in [9.17, 15) is 29.9 Å². The first-order valence-electron chi connectivity index (χ1n) is 6.19. The van der Waals surface area contributed by atoms with Crippen LogP contribution in [0.2, 0.25) is 0 Å². The van der Waals surface area contributed by atoms with Gasteiger partial charge in [0.15, 0.2) is 0 Å². The standard InChI is InChI=1S/C13H12N2O7/c16-10(4-11(17)18)12(19)6-1-2-8-7(3-6)13(20)9(5-14-8)15(21)22/h1-3,5,10,12,16,19H,4H2,(H,14,20)(H,17,18). The smallest absolute Gasteiger partial charge is 0.332 e. The predicted molar refractivity (Wildman–Crippen MR) is 74.4 cm³/mol. The number of carboxylic acid groups (broad SMARTS) is 1. The van der Waals surface area contributed by atoms with Gasteiger partial charge in [0.2, 0.25) is 0 Å². The molecule has 0 aliphatic rings. The normalized spacial score (nSPS) is 13.7. The minimum atomic E-state index is -1.56. The molecule has 0 aliphatic carbocycles. The van der Waals surface area contributed by atoms with E-state index in [1.165, 1.54) is 18.2 Å². The summed E-state index contributed by atoms with van der Waals surface area (Å²) >= 11 is 0. The number of benzene rings is 1. The molecule has 9 nitrogen and oxygen atoms in total. The van der Waals surface area contributed by atoms with Crippen LogP contribution in [0.15, 0.2) is 29.2 Å². The van der Waals surface area contributed by atoms with Crippen molar-refractivity contribution in [3.05, 3.63) is 50.3 Å². The second-order valence-electron chi connectivity index (χ2n) is 4.68. The number of carbonyl (C=O) groups is 1. The molecule has 1 heterocycles. The molecule has 0 saturated heterocycles. The van der Waals surface area contributed by atoms with Crippen molar-refractivity contribution in [1.82, 2.24) is 4.98 Å². The number of fused-ring (bicyclic) bond motifs is 1. The highest BCUT2D eigenvalue weighted by atomic mass is 16.6. The average Bonchev–Trinajstić information content (AvgIpc) is 2.45. The van der Waals surface area contributed by atoms with Crippen molar-refractivity contribution in [3.63, 3.8) is 0 Å². The topological polar surface area (TPSA) is 154 Å². The zero-order chi connectivity index (χ0) is 16.4. The van der Waals surface area contributed by atoms with Crippen molar-refractivity contribution >= 4 is 22.6 Å². The van der Waals surface area contributed by atoms with Gasteiger partial charge in [-0.2, -0.15) is 0 Å². The number of H-pyrrole nitrogens is 1. The third kappa shape index (κ3) is 2.95. The molecule has 2 aromatic rings. The number of aromatic nitrogens is 1. The lowest BCUT2D eigenvalue weighted by atomic mass is 10.00. The second kappa shape index (κ2) is 5.92. The van der Waals surface area contributed by atoms with Crippen LogP contribution >= 0.6 is 0 Å². The number of hydrogen-bond acceptors (Lipinski definition) is 6. The fourth-order valence-electron chi connectivity index (χ4n) is 2.06. The molecule has 4 N–H and O–H groups in total. The van der Waals surface area contributed by atoms with Crippen molar-refractivity contribution in [1.29, 1.82) is 0 Å². The van der Waals surface area contributed by atoms with Crippen LogP contribution < -0.4 is 5.43 Å². The van der Waals surface area contributed by atoms with Crippen LogP contribution in [0.25, 0.3) is 10.9 Å². The van der Waals surface area contributed by atoms with E-state index in [1.54, 1.807) is 0 Å². The van der Waals surface area contributed by atoms with Crippen LogP contribution in [0, 0.1) is 10.1 Å². The van der Waals surface area contributed by atoms with Gasteiger partial charge in [-0.3, -0.25) is 19.7 Å². The molecule has 22 heavy (non-hydrogen) atoms. The molecule has 0 radical (unpaired) electrons. The number of aliphatic hydroxyl groups is 2. The summed E-state index contributed by atoms with van der Waals surface area (Å²) in [5, 5.41) is 38.8. The summed E-state index contributed by atoms with van der Waals surface area (Å²) in [7, 11) is 0. The molecule has 0 bridgehead atoms. The van der Waals surface area contributed by atoms with E-state index in [1.807, 2.05) is 0 Å². The summed E-state index contributed by atoms with van der Waals surface area (Å²) < 4.78 is 0. The van der Waals surface area contributed by atoms with Gasteiger partial charge in [0.1, 0.15) is 6.10 Å². The van der Waals surface area contributed by atoms with Gasteiger partial charge in [-0.1, -0.05) is 6.07 Å². The monoisotopic (exact) mass is 308 g/mol. The van der Waals surface area contributed by atoms with Crippen LogP contribution in [0.3, 0.4) is 0 Å². The highest BCUT2D eigenvalue weighted by Crippen LogP contribution is 2.22. The summed E-state index contributed by atoms with van der Waals surface area (Å²) in [5.41, 5.74) is -1.07. The molecule has 0 saturated carbocycles. The summed E-state index contributed by atoms with van der Waals surface area (Å²) in [6, 6.07) is 3.99. The number of nitro groups is 1. The lowest BCUT2D eigenvalue weighted by molar-refractivity contribution is -0.386. The fourth-order valence-corrected chi connectivity index (χ4v) is 2.06. The van der Waals surface area contributed by atoms with Crippen LogP contribution in [-0.2, 0) is 4.79 Å². The molecule has 1 aromatic carbocycles. The van der Waals surface area contributed by atoms with E-state index in [2.05, 4.69) is 4.98 Å². The van der Waals surface area contributed by atoms with Crippen LogP contribution in [0.1, 0.15) is 18.1 Å². The molecule has 2 unspecified atom stereocenters. The number of nitrogens with zero attached hydrogens (tertiary/aromatic N) is 1. The SMILES string of the molecule is O=C(O)CC(O)C(O)c1ccc2[nH]cc([N+](=O)[O-])c(=O)c2c1. The third-order valence-electron chi connectivity index (χ3n) is 3.17. The first-order chi connectivity index (χ1) is 10.3. The Hall–Kier alpha value is -2.78. The van der Waals surface area contributed by atoms with Gasteiger partial charge in [-0.15, -0.1) is 0 Å². The summed E-state index contributed by atoms with van der Waals surface area (Å²) in [6.45, 7) is 0. The van der Waals surface area contributed by atoms with E-state index in [4.69, 9.17) is 5.11 Å². The minimum Gasteiger partial charge on any atom is -0.481 e. The number of aromatic amines is 1. The first-order valence-corrected chi connectivity index (χ1v) is 6.19. The lowest BCUT2D eigenvalue weighted by Crippen LogP contribution is -2.22. The van der Waals surface area contributed by atoms with Crippen molar-refractivity contribution in [2.45, 2.75) is 18.6 Å². The number of rotatable bonds is 5.